The molecular formula is C11H18N2O4. The van der Waals surface area contributed by atoms with Crippen LogP contribution in [0.3, 0.4) is 0 Å². The molecule has 96 valence electrons. The number of hydrogen-bond donors (Lipinski definition) is 2. The molecule has 2 N–H and O–H groups in total. The van der Waals surface area contributed by atoms with Gasteiger partial charge in [-0.3, -0.25) is 0 Å². The lowest BCUT2D eigenvalue weighted by Gasteiger charge is -2.31. The number of carboxylic acids is 1. The standard InChI is InChI=1S/C11H18N2O4/c14-9(15)11(4-7-17-8-11)12-10(16)13-5-2-1-3-6-13/h1-8H2,(H,12,16)(H,14,15). The van der Waals surface area contributed by atoms with Gasteiger partial charge in [-0.05, 0) is 19.3 Å². The number of carboxylic acid groups (broad SMARTS) is 1. The molecular weight excluding hydrogens is 224 g/mol. The Balaban J connectivity index is 1.98. The molecule has 6 nitrogen and oxygen atoms in total. The average molecular weight is 242 g/mol. The van der Waals surface area contributed by atoms with E-state index in [1.807, 2.05) is 0 Å². The predicted octanol–water partition coefficient (Wildman–Crippen LogP) is 0.426. The summed E-state index contributed by atoms with van der Waals surface area (Å²) in [5.74, 6) is -1.01. The highest BCUT2D eigenvalue weighted by Crippen LogP contribution is 2.20. The summed E-state index contributed by atoms with van der Waals surface area (Å²) in [5, 5.41) is 11.8. The van der Waals surface area contributed by atoms with Crippen molar-refractivity contribution in [3.63, 3.8) is 0 Å². The number of hydrogen-bond acceptors (Lipinski definition) is 3. The molecule has 2 aliphatic heterocycles. The molecule has 0 spiro atoms. The molecule has 17 heavy (non-hydrogen) atoms. The Hall–Kier alpha value is -1.30. The Bertz CT molecular complexity index is 307. The molecule has 0 aliphatic carbocycles. The molecule has 0 aromatic heterocycles. The summed E-state index contributed by atoms with van der Waals surface area (Å²) in [6.07, 6.45) is 3.45. The molecule has 6 heteroatoms. The number of aliphatic carboxylic acids is 1. The lowest BCUT2D eigenvalue weighted by Crippen LogP contribution is -2.59. The molecule has 0 bridgehead atoms. The van der Waals surface area contributed by atoms with Gasteiger partial charge in [0.2, 0.25) is 0 Å². The van der Waals surface area contributed by atoms with Gasteiger partial charge in [0.25, 0.3) is 0 Å². The summed E-state index contributed by atoms with van der Waals surface area (Å²) in [7, 11) is 0. The van der Waals surface area contributed by atoms with E-state index in [9.17, 15) is 14.7 Å². The number of likely N-dealkylation sites (tertiary alicyclic amines) is 1. The van der Waals surface area contributed by atoms with Gasteiger partial charge in [-0.25, -0.2) is 9.59 Å². The minimum Gasteiger partial charge on any atom is -0.479 e. The number of carbonyl (C=O) groups is 2. The van der Waals surface area contributed by atoms with E-state index in [2.05, 4.69) is 5.32 Å². The van der Waals surface area contributed by atoms with E-state index in [-0.39, 0.29) is 12.6 Å². The first-order chi connectivity index (χ1) is 8.14. The molecule has 2 rings (SSSR count). The number of rotatable bonds is 2. The predicted molar refractivity (Wildman–Crippen MR) is 59.8 cm³/mol. The highest BCUT2D eigenvalue weighted by Gasteiger charge is 2.44. The third-order valence-electron chi connectivity index (χ3n) is 3.42. The Labute approximate surface area is 99.9 Å². The molecule has 0 aromatic carbocycles. The van der Waals surface area contributed by atoms with E-state index >= 15 is 0 Å². The molecule has 0 radical (unpaired) electrons. The second-order valence-electron chi connectivity index (χ2n) is 4.67. The summed E-state index contributed by atoms with van der Waals surface area (Å²) in [6.45, 7) is 1.86. The zero-order chi connectivity index (χ0) is 12.3. The Morgan fingerprint density at radius 1 is 1.24 bits per heavy atom. The second kappa shape index (κ2) is 4.91. The SMILES string of the molecule is O=C(NC1(C(=O)O)CCOC1)N1CCCCC1. The number of amides is 2. The quantitative estimate of drug-likeness (QED) is 0.735. The third kappa shape index (κ3) is 2.52. The third-order valence-corrected chi connectivity index (χ3v) is 3.42. The van der Waals surface area contributed by atoms with Crippen LogP contribution in [0, 0.1) is 0 Å². The fraction of sp³-hybridized carbons (Fsp3) is 0.818. The molecule has 1 atom stereocenters. The van der Waals surface area contributed by atoms with Gasteiger partial charge in [0.05, 0.1) is 6.61 Å². The fourth-order valence-corrected chi connectivity index (χ4v) is 2.27. The van der Waals surface area contributed by atoms with Crippen molar-refractivity contribution in [3.05, 3.63) is 0 Å². The first-order valence-electron chi connectivity index (χ1n) is 6.02. The molecule has 2 amide bonds. The maximum Gasteiger partial charge on any atom is 0.332 e. The van der Waals surface area contributed by atoms with Crippen LogP contribution in [0.25, 0.3) is 0 Å². The van der Waals surface area contributed by atoms with Crippen molar-refractivity contribution < 1.29 is 19.4 Å². The Morgan fingerprint density at radius 3 is 2.47 bits per heavy atom. The summed E-state index contributed by atoms with van der Waals surface area (Å²) in [6, 6.07) is -0.280. The van der Waals surface area contributed by atoms with Gasteiger partial charge in [-0.2, -0.15) is 0 Å². The Kier molecular flexibility index (Phi) is 3.51. The van der Waals surface area contributed by atoms with Crippen molar-refractivity contribution in [2.24, 2.45) is 0 Å². The van der Waals surface area contributed by atoms with Crippen LogP contribution in [0.4, 0.5) is 4.79 Å². The van der Waals surface area contributed by atoms with Crippen LogP contribution in [0.2, 0.25) is 0 Å². The van der Waals surface area contributed by atoms with Crippen molar-refractivity contribution in [2.75, 3.05) is 26.3 Å². The zero-order valence-electron chi connectivity index (χ0n) is 9.78. The van der Waals surface area contributed by atoms with Crippen LogP contribution in [-0.2, 0) is 9.53 Å². The van der Waals surface area contributed by atoms with E-state index in [0.29, 0.717) is 26.1 Å². The highest BCUT2D eigenvalue weighted by molar-refractivity contribution is 5.86. The number of urea groups is 1. The minimum absolute atomic E-state index is 0.0575. The second-order valence-corrected chi connectivity index (χ2v) is 4.67. The molecule has 0 saturated carbocycles. The fourth-order valence-electron chi connectivity index (χ4n) is 2.27. The normalized spacial score (nSPS) is 29.1. The maximum absolute atomic E-state index is 12.0. The van der Waals surface area contributed by atoms with Gasteiger partial charge in [0.1, 0.15) is 0 Å². The van der Waals surface area contributed by atoms with E-state index in [1.165, 1.54) is 0 Å². The first kappa shape index (κ1) is 12.2. The number of carbonyl (C=O) groups excluding carboxylic acids is 1. The van der Waals surface area contributed by atoms with Crippen LogP contribution >= 0.6 is 0 Å². The van der Waals surface area contributed by atoms with E-state index in [0.717, 1.165) is 19.3 Å². The summed E-state index contributed by atoms with van der Waals surface area (Å²) in [4.78, 5) is 24.9. The lowest BCUT2D eigenvalue weighted by atomic mass is 9.99. The van der Waals surface area contributed by atoms with Crippen molar-refractivity contribution >= 4 is 12.0 Å². The molecule has 1 unspecified atom stereocenters. The summed E-state index contributed by atoms with van der Waals surface area (Å²) >= 11 is 0. The van der Waals surface area contributed by atoms with Crippen molar-refractivity contribution in [1.29, 1.82) is 0 Å². The van der Waals surface area contributed by atoms with Gasteiger partial charge >= 0.3 is 12.0 Å². The van der Waals surface area contributed by atoms with Gasteiger partial charge in [0, 0.05) is 26.1 Å². The number of nitrogens with one attached hydrogen (secondary N) is 1. The summed E-state index contributed by atoms with van der Waals surface area (Å²) < 4.78 is 5.10. The van der Waals surface area contributed by atoms with E-state index in [4.69, 9.17) is 4.74 Å². The van der Waals surface area contributed by atoms with Crippen molar-refractivity contribution in [1.82, 2.24) is 10.2 Å². The summed E-state index contributed by atoms with van der Waals surface area (Å²) in [5.41, 5.74) is -1.23. The lowest BCUT2D eigenvalue weighted by molar-refractivity contribution is -0.144. The highest BCUT2D eigenvalue weighted by atomic mass is 16.5. The van der Waals surface area contributed by atoms with Crippen molar-refractivity contribution in [3.8, 4) is 0 Å². The van der Waals surface area contributed by atoms with Crippen LogP contribution in [-0.4, -0.2) is 53.8 Å². The first-order valence-corrected chi connectivity index (χ1v) is 6.02. The number of nitrogens with zero attached hydrogens (tertiary/aromatic N) is 1. The molecule has 2 aliphatic rings. The van der Waals surface area contributed by atoms with Crippen LogP contribution in [0.1, 0.15) is 25.7 Å². The van der Waals surface area contributed by atoms with E-state index in [1.54, 1.807) is 4.90 Å². The Morgan fingerprint density at radius 2 is 1.94 bits per heavy atom. The van der Waals surface area contributed by atoms with Gasteiger partial charge in [-0.15, -0.1) is 0 Å². The smallest absolute Gasteiger partial charge is 0.332 e. The van der Waals surface area contributed by atoms with Gasteiger partial charge in [-0.1, -0.05) is 0 Å². The molecule has 2 saturated heterocycles. The number of ether oxygens (including phenoxy) is 1. The van der Waals surface area contributed by atoms with Crippen LogP contribution < -0.4 is 5.32 Å². The largest absolute Gasteiger partial charge is 0.479 e. The van der Waals surface area contributed by atoms with Gasteiger partial charge < -0.3 is 20.1 Å². The van der Waals surface area contributed by atoms with Crippen molar-refractivity contribution in [2.45, 2.75) is 31.2 Å². The molecule has 2 heterocycles. The molecule has 0 aromatic rings. The van der Waals surface area contributed by atoms with Gasteiger partial charge in [0.15, 0.2) is 5.54 Å². The average Bonchev–Trinajstić information content (AvgIpc) is 2.80. The topological polar surface area (TPSA) is 78.9 Å². The molecule has 2 fully saturated rings. The monoisotopic (exact) mass is 242 g/mol. The zero-order valence-corrected chi connectivity index (χ0v) is 9.78. The minimum atomic E-state index is -1.23. The van der Waals surface area contributed by atoms with Crippen LogP contribution in [0.15, 0.2) is 0 Å². The van der Waals surface area contributed by atoms with Crippen LogP contribution in [0.5, 0.6) is 0 Å². The maximum atomic E-state index is 12.0. The number of piperidine rings is 1. The van der Waals surface area contributed by atoms with E-state index < -0.39 is 11.5 Å².